The van der Waals surface area contributed by atoms with Gasteiger partial charge in [-0.1, -0.05) is 48.0 Å². The molecule has 2 aliphatic rings. The van der Waals surface area contributed by atoms with Gasteiger partial charge in [-0.25, -0.2) is 8.42 Å². The van der Waals surface area contributed by atoms with E-state index in [1.165, 1.54) is 4.31 Å². The Kier molecular flexibility index (Phi) is 5.91. The minimum Gasteiger partial charge on any atom is -0.476 e. The van der Waals surface area contributed by atoms with Gasteiger partial charge in [0.2, 0.25) is 0 Å². The monoisotopic (exact) mass is 477 g/mol. The summed E-state index contributed by atoms with van der Waals surface area (Å²) < 4.78 is 34.4. The summed E-state index contributed by atoms with van der Waals surface area (Å²) in [7, 11) is -3.86. The number of amides is 1. The summed E-state index contributed by atoms with van der Waals surface area (Å²) in [6.45, 7) is 4.38. The third-order valence-electron chi connectivity index (χ3n) is 6.33. The highest BCUT2D eigenvalue weighted by atomic mass is 32.2. The molecule has 7 nitrogen and oxygen atoms in total. The molecule has 1 fully saturated rings. The van der Waals surface area contributed by atoms with Crippen LogP contribution in [0.5, 0.6) is 5.75 Å². The molecule has 2 heterocycles. The van der Waals surface area contributed by atoms with Crippen molar-refractivity contribution in [2.45, 2.75) is 17.9 Å². The van der Waals surface area contributed by atoms with Crippen molar-refractivity contribution in [3.63, 3.8) is 0 Å². The first kappa shape index (κ1) is 22.3. The fraction of sp³-hybridized carbons (Fsp3) is 0.269. The lowest BCUT2D eigenvalue weighted by Gasteiger charge is -2.40. The number of carbonyl (C=O) groups is 1. The molecule has 5 rings (SSSR count). The largest absolute Gasteiger partial charge is 0.476 e. The lowest BCUT2D eigenvalue weighted by atomic mass is 10.2. The lowest BCUT2D eigenvalue weighted by Crippen LogP contribution is -2.56. The molecule has 176 valence electrons. The smallest absolute Gasteiger partial charge is 0.265 e. The van der Waals surface area contributed by atoms with E-state index in [-0.39, 0.29) is 17.3 Å². The predicted molar refractivity (Wildman–Crippen MR) is 132 cm³/mol. The summed E-state index contributed by atoms with van der Waals surface area (Å²) in [4.78, 5) is 17.6. The van der Waals surface area contributed by atoms with E-state index in [1.807, 2.05) is 25.1 Å². The minimum absolute atomic E-state index is 0.0645. The van der Waals surface area contributed by atoms with Crippen LogP contribution in [0.2, 0.25) is 0 Å². The van der Waals surface area contributed by atoms with Gasteiger partial charge in [0.1, 0.15) is 5.75 Å². The highest BCUT2D eigenvalue weighted by Crippen LogP contribution is 2.37. The molecule has 1 unspecified atom stereocenters. The molecule has 0 radical (unpaired) electrons. The van der Waals surface area contributed by atoms with Crippen molar-refractivity contribution >= 4 is 27.3 Å². The molecule has 0 bridgehead atoms. The number of nitrogens with zero attached hydrogens (tertiary/aromatic N) is 3. The van der Waals surface area contributed by atoms with E-state index in [0.29, 0.717) is 37.6 Å². The molecule has 0 saturated carbocycles. The molecule has 3 aromatic rings. The fourth-order valence-electron chi connectivity index (χ4n) is 4.42. The van der Waals surface area contributed by atoms with Gasteiger partial charge in [-0.3, -0.25) is 9.10 Å². The molecule has 0 aromatic heterocycles. The maximum Gasteiger partial charge on any atom is 0.265 e. The Labute approximate surface area is 200 Å². The quantitative estimate of drug-likeness (QED) is 0.577. The summed E-state index contributed by atoms with van der Waals surface area (Å²) in [6.07, 6.45) is -0.904. The Bertz CT molecular complexity index is 1270. The molecule has 2 aliphatic heterocycles. The first-order valence-corrected chi connectivity index (χ1v) is 12.8. The molecule has 8 heteroatoms. The topological polar surface area (TPSA) is 70.2 Å². The number of para-hydroxylation sites is 3. The van der Waals surface area contributed by atoms with Crippen LogP contribution in [0.15, 0.2) is 83.8 Å². The molecule has 1 saturated heterocycles. The number of aryl methyl sites for hydroxylation is 1. The van der Waals surface area contributed by atoms with Crippen LogP contribution in [0.25, 0.3) is 0 Å². The Morgan fingerprint density at radius 2 is 1.50 bits per heavy atom. The predicted octanol–water partition coefficient (Wildman–Crippen LogP) is 3.30. The van der Waals surface area contributed by atoms with Crippen molar-refractivity contribution in [3.05, 3.63) is 84.4 Å². The minimum atomic E-state index is -3.86. The maximum absolute atomic E-state index is 13.5. The number of carbonyl (C=O) groups excluding carboxylic acids is 1. The number of ether oxygens (including phenoxy) is 1. The lowest BCUT2D eigenvalue weighted by molar-refractivity contribution is -0.138. The summed E-state index contributed by atoms with van der Waals surface area (Å²) in [5, 5.41) is 0. The standard InChI is InChI=1S/C26H27N3O4S/c1-20-11-13-22(14-12-20)34(31,32)29-19-25(33-24-10-6-5-9-23(24)29)26(30)28-17-15-27(16-18-28)21-7-3-2-4-8-21/h2-14,25H,15-19H2,1H3. The number of hydrogen-bond acceptors (Lipinski definition) is 5. The molecule has 0 N–H and O–H groups in total. The molecular weight excluding hydrogens is 450 g/mol. The molecule has 34 heavy (non-hydrogen) atoms. The van der Waals surface area contributed by atoms with Gasteiger partial charge in [-0.15, -0.1) is 0 Å². The van der Waals surface area contributed by atoms with Crippen LogP contribution in [0.3, 0.4) is 0 Å². The maximum atomic E-state index is 13.5. The summed E-state index contributed by atoms with van der Waals surface area (Å²) >= 11 is 0. The number of fused-ring (bicyclic) bond motifs is 1. The molecule has 0 aliphatic carbocycles. The van der Waals surface area contributed by atoms with Gasteiger partial charge in [-0.2, -0.15) is 0 Å². The normalized spacial score (nSPS) is 18.3. The molecule has 3 aromatic carbocycles. The zero-order valence-corrected chi connectivity index (χ0v) is 19.8. The summed E-state index contributed by atoms with van der Waals surface area (Å²) in [5.41, 5.74) is 2.55. The highest BCUT2D eigenvalue weighted by Gasteiger charge is 2.39. The summed E-state index contributed by atoms with van der Waals surface area (Å²) in [5.74, 6) is 0.206. The number of piperazine rings is 1. The number of benzene rings is 3. The molecule has 0 spiro atoms. The van der Waals surface area contributed by atoms with Crippen LogP contribution in [0.1, 0.15) is 5.56 Å². The van der Waals surface area contributed by atoms with Gasteiger partial charge in [0.25, 0.3) is 15.9 Å². The second-order valence-electron chi connectivity index (χ2n) is 8.57. The van der Waals surface area contributed by atoms with Gasteiger partial charge in [0.05, 0.1) is 17.1 Å². The van der Waals surface area contributed by atoms with Crippen molar-refractivity contribution < 1.29 is 17.9 Å². The number of hydrogen-bond donors (Lipinski definition) is 0. The average Bonchev–Trinajstić information content (AvgIpc) is 2.88. The molecular formula is C26H27N3O4S. The first-order valence-electron chi connectivity index (χ1n) is 11.4. The zero-order valence-electron chi connectivity index (χ0n) is 19.0. The van der Waals surface area contributed by atoms with Crippen LogP contribution in [0.4, 0.5) is 11.4 Å². The number of anilines is 2. The Morgan fingerprint density at radius 3 is 2.21 bits per heavy atom. The molecule has 1 atom stereocenters. The molecule has 1 amide bonds. The van der Waals surface area contributed by atoms with E-state index < -0.39 is 16.1 Å². The van der Waals surface area contributed by atoms with Crippen LogP contribution in [-0.2, 0) is 14.8 Å². The van der Waals surface area contributed by atoms with E-state index in [0.717, 1.165) is 11.3 Å². The SMILES string of the molecule is Cc1ccc(S(=O)(=O)N2CC(C(=O)N3CCN(c4ccccc4)CC3)Oc3ccccc32)cc1. The van der Waals surface area contributed by atoms with Crippen LogP contribution < -0.4 is 13.9 Å². The Hall–Kier alpha value is -3.52. The van der Waals surface area contributed by atoms with Gasteiger partial charge in [0, 0.05) is 31.9 Å². The van der Waals surface area contributed by atoms with Crippen molar-refractivity contribution in [1.82, 2.24) is 4.90 Å². The van der Waals surface area contributed by atoms with Crippen molar-refractivity contribution in [1.29, 1.82) is 0 Å². The second-order valence-corrected chi connectivity index (χ2v) is 10.4. The van der Waals surface area contributed by atoms with Crippen molar-refractivity contribution in [2.24, 2.45) is 0 Å². The summed E-state index contributed by atoms with van der Waals surface area (Å²) in [6, 6.07) is 23.8. The first-order chi connectivity index (χ1) is 16.4. The number of sulfonamides is 1. The van der Waals surface area contributed by atoms with Crippen LogP contribution >= 0.6 is 0 Å². The van der Waals surface area contributed by atoms with E-state index in [4.69, 9.17) is 4.74 Å². The van der Waals surface area contributed by atoms with Gasteiger partial charge in [0.15, 0.2) is 6.10 Å². The van der Waals surface area contributed by atoms with Crippen molar-refractivity contribution in [2.75, 3.05) is 41.9 Å². The third kappa shape index (κ3) is 4.21. The Balaban J connectivity index is 1.36. The average molecular weight is 478 g/mol. The van der Waals surface area contributed by atoms with E-state index in [1.54, 1.807) is 53.4 Å². The van der Waals surface area contributed by atoms with Gasteiger partial charge in [-0.05, 0) is 43.3 Å². The third-order valence-corrected chi connectivity index (χ3v) is 8.13. The second kappa shape index (κ2) is 9.02. The van der Waals surface area contributed by atoms with Crippen LogP contribution in [-0.4, -0.2) is 58.1 Å². The number of rotatable bonds is 4. The van der Waals surface area contributed by atoms with Crippen molar-refractivity contribution in [3.8, 4) is 5.75 Å². The van der Waals surface area contributed by atoms with Gasteiger partial charge >= 0.3 is 0 Å². The fourth-order valence-corrected chi connectivity index (χ4v) is 5.90. The van der Waals surface area contributed by atoms with E-state index >= 15 is 0 Å². The zero-order chi connectivity index (χ0) is 23.7. The highest BCUT2D eigenvalue weighted by molar-refractivity contribution is 7.92. The van der Waals surface area contributed by atoms with E-state index in [2.05, 4.69) is 17.0 Å². The Morgan fingerprint density at radius 1 is 0.853 bits per heavy atom. The van der Waals surface area contributed by atoms with Gasteiger partial charge < -0.3 is 14.5 Å². The van der Waals surface area contributed by atoms with Crippen LogP contribution in [0, 0.1) is 6.92 Å². The van der Waals surface area contributed by atoms with E-state index in [9.17, 15) is 13.2 Å².